The van der Waals surface area contributed by atoms with Crippen molar-refractivity contribution < 1.29 is 13.2 Å². The summed E-state index contributed by atoms with van der Waals surface area (Å²) in [6.07, 6.45) is 2.34. The van der Waals surface area contributed by atoms with Crippen LogP contribution in [-0.2, 0) is 21.2 Å². The predicted molar refractivity (Wildman–Crippen MR) is 84.0 cm³/mol. The smallest absolute Gasteiger partial charge is 0.222 e. The second-order valence-corrected chi connectivity index (χ2v) is 7.93. The topological polar surface area (TPSA) is 95.2 Å². The normalized spacial score (nSPS) is 19.4. The molecule has 2 N–H and O–H groups in total. The van der Waals surface area contributed by atoms with Crippen molar-refractivity contribution in [1.29, 1.82) is 0 Å². The number of aromatic amines is 1. The van der Waals surface area contributed by atoms with Crippen molar-refractivity contribution in [3.8, 4) is 0 Å². The fraction of sp³-hybridized carbons (Fsp3) is 0.714. The molecule has 124 valence electrons. The summed E-state index contributed by atoms with van der Waals surface area (Å²) in [4.78, 5) is 14.0. The van der Waals surface area contributed by atoms with Crippen molar-refractivity contribution in [3.63, 3.8) is 0 Å². The lowest BCUT2D eigenvalue weighted by Crippen LogP contribution is -2.47. The Morgan fingerprint density at radius 3 is 2.77 bits per heavy atom. The van der Waals surface area contributed by atoms with E-state index >= 15 is 0 Å². The van der Waals surface area contributed by atoms with Gasteiger partial charge in [-0.05, 0) is 45.7 Å². The van der Waals surface area contributed by atoms with Gasteiger partial charge in [-0.2, -0.15) is 5.10 Å². The third-order valence-corrected chi connectivity index (χ3v) is 6.16. The van der Waals surface area contributed by atoms with E-state index in [0.717, 1.165) is 23.4 Å². The Morgan fingerprint density at radius 2 is 2.18 bits per heavy atom. The molecule has 1 aliphatic heterocycles. The molecule has 0 saturated carbocycles. The van der Waals surface area contributed by atoms with Gasteiger partial charge in [0.1, 0.15) is 0 Å². The molecule has 1 amide bonds. The number of aromatic nitrogens is 2. The highest BCUT2D eigenvalue weighted by Gasteiger charge is 2.31. The number of rotatable bonds is 5. The minimum atomic E-state index is -3.32. The highest BCUT2D eigenvalue weighted by molar-refractivity contribution is 7.90. The summed E-state index contributed by atoms with van der Waals surface area (Å²) in [5.41, 5.74) is 2.98. The van der Waals surface area contributed by atoms with Crippen LogP contribution in [0.25, 0.3) is 0 Å². The maximum absolute atomic E-state index is 12.4. The van der Waals surface area contributed by atoms with Crippen LogP contribution in [0.5, 0.6) is 0 Å². The molecule has 2 heterocycles. The van der Waals surface area contributed by atoms with Gasteiger partial charge in [-0.25, -0.2) is 13.1 Å². The fourth-order valence-corrected chi connectivity index (χ4v) is 4.10. The lowest BCUT2D eigenvalue weighted by molar-refractivity contribution is -0.131. The lowest BCUT2D eigenvalue weighted by Gasteiger charge is -2.32. The van der Waals surface area contributed by atoms with Gasteiger partial charge in [-0.15, -0.1) is 0 Å². The van der Waals surface area contributed by atoms with Crippen molar-refractivity contribution in [2.45, 2.75) is 44.8 Å². The number of hydrogen-bond acceptors (Lipinski definition) is 4. The average Bonchev–Trinajstić information content (AvgIpc) is 2.83. The van der Waals surface area contributed by atoms with Crippen LogP contribution in [0, 0.1) is 13.8 Å². The second kappa shape index (κ2) is 6.78. The number of hydrogen-bond donors (Lipinski definition) is 2. The number of carbonyl (C=O) groups excluding carboxylic acids is 1. The molecule has 1 aromatic rings. The molecule has 1 unspecified atom stereocenters. The molecule has 1 atom stereocenters. The van der Waals surface area contributed by atoms with E-state index in [1.165, 1.54) is 7.05 Å². The molecule has 0 radical (unpaired) electrons. The summed E-state index contributed by atoms with van der Waals surface area (Å²) in [6.45, 7) is 4.78. The summed E-state index contributed by atoms with van der Waals surface area (Å²) in [6, 6.07) is 0. The first-order valence-electron chi connectivity index (χ1n) is 7.55. The van der Waals surface area contributed by atoms with Crippen LogP contribution in [0.3, 0.4) is 0 Å². The molecule has 1 fully saturated rings. The number of likely N-dealkylation sites (tertiary alicyclic amines) is 1. The van der Waals surface area contributed by atoms with Crippen molar-refractivity contribution in [3.05, 3.63) is 17.0 Å². The molecule has 0 bridgehead atoms. The van der Waals surface area contributed by atoms with Crippen LogP contribution in [-0.4, -0.2) is 54.8 Å². The standard InChI is InChI=1S/C14H24N4O3S/c1-10-13(11(2)17-16-10)6-7-14(19)18-8-4-5-12(9-18)22(20,21)15-3/h12,15H,4-9H2,1-3H3,(H,16,17). The van der Waals surface area contributed by atoms with Gasteiger partial charge < -0.3 is 4.90 Å². The summed E-state index contributed by atoms with van der Waals surface area (Å²) in [5, 5.41) is 6.53. The van der Waals surface area contributed by atoms with E-state index in [-0.39, 0.29) is 12.5 Å². The minimum Gasteiger partial charge on any atom is -0.341 e. The van der Waals surface area contributed by atoms with Crippen LogP contribution >= 0.6 is 0 Å². The van der Waals surface area contributed by atoms with E-state index < -0.39 is 15.3 Å². The van der Waals surface area contributed by atoms with Gasteiger partial charge in [0.15, 0.2) is 0 Å². The zero-order valence-corrected chi connectivity index (χ0v) is 14.2. The Kier molecular flexibility index (Phi) is 5.23. The molecular formula is C14H24N4O3S. The van der Waals surface area contributed by atoms with Gasteiger partial charge in [-0.3, -0.25) is 9.89 Å². The Balaban J connectivity index is 1.95. The number of carbonyl (C=O) groups is 1. The predicted octanol–water partition coefficient (Wildman–Crippen LogP) is 0.499. The van der Waals surface area contributed by atoms with Gasteiger partial charge in [0.25, 0.3) is 0 Å². The number of H-pyrrole nitrogens is 1. The summed E-state index contributed by atoms with van der Waals surface area (Å²) < 4.78 is 26.2. The summed E-state index contributed by atoms with van der Waals surface area (Å²) in [5.74, 6) is 0.0102. The average molecular weight is 328 g/mol. The first kappa shape index (κ1) is 17.0. The van der Waals surface area contributed by atoms with E-state index in [2.05, 4.69) is 14.9 Å². The highest BCUT2D eigenvalue weighted by Crippen LogP contribution is 2.18. The highest BCUT2D eigenvalue weighted by atomic mass is 32.2. The van der Waals surface area contributed by atoms with Crippen LogP contribution < -0.4 is 4.72 Å². The number of sulfonamides is 1. The molecule has 1 saturated heterocycles. The Hall–Kier alpha value is -1.41. The number of piperidine rings is 1. The zero-order valence-electron chi connectivity index (χ0n) is 13.3. The van der Waals surface area contributed by atoms with Gasteiger partial charge >= 0.3 is 0 Å². The third kappa shape index (κ3) is 3.67. The number of amides is 1. The van der Waals surface area contributed by atoms with E-state index in [4.69, 9.17) is 0 Å². The Bertz CT molecular complexity index is 619. The first-order valence-corrected chi connectivity index (χ1v) is 9.10. The van der Waals surface area contributed by atoms with Crippen LogP contribution in [0.4, 0.5) is 0 Å². The molecular weight excluding hydrogens is 304 g/mol. The molecule has 8 heteroatoms. The number of nitrogens with one attached hydrogen (secondary N) is 2. The van der Waals surface area contributed by atoms with E-state index in [9.17, 15) is 13.2 Å². The zero-order chi connectivity index (χ0) is 16.3. The summed E-state index contributed by atoms with van der Waals surface area (Å²) >= 11 is 0. The van der Waals surface area contributed by atoms with Crippen LogP contribution in [0.15, 0.2) is 0 Å². The van der Waals surface area contributed by atoms with E-state index in [1.54, 1.807) is 4.90 Å². The van der Waals surface area contributed by atoms with Gasteiger partial charge in [-0.1, -0.05) is 0 Å². The monoisotopic (exact) mass is 328 g/mol. The van der Waals surface area contributed by atoms with Crippen molar-refractivity contribution in [2.24, 2.45) is 0 Å². The van der Waals surface area contributed by atoms with Crippen molar-refractivity contribution in [2.75, 3.05) is 20.1 Å². The summed E-state index contributed by atoms with van der Waals surface area (Å²) in [7, 11) is -1.90. The molecule has 1 aliphatic rings. The van der Waals surface area contributed by atoms with E-state index in [1.807, 2.05) is 13.8 Å². The molecule has 1 aromatic heterocycles. The van der Waals surface area contributed by atoms with Gasteiger partial charge in [0.05, 0.1) is 10.9 Å². The molecule has 0 aliphatic carbocycles. The number of aryl methyl sites for hydroxylation is 2. The largest absolute Gasteiger partial charge is 0.341 e. The Morgan fingerprint density at radius 1 is 1.45 bits per heavy atom. The van der Waals surface area contributed by atoms with Crippen molar-refractivity contribution >= 4 is 15.9 Å². The molecule has 2 rings (SSSR count). The van der Waals surface area contributed by atoms with Crippen LogP contribution in [0.2, 0.25) is 0 Å². The molecule has 7 nitrogen and oxygen atoms in total. The van der Waals surface area contributed by atoms with Gasteiger partial charge in [0.2, 0.25) is 15.9 Å². The molecule has 22 heavy (non-hydrogen) atoms. The third-order valence-electron chi connectivity index (χ3n) is 4.32. The first-order chi connectivity index (χ1) is 10.3. The van der Waals surface area contributed by atoms with Crippen LogP contribution in [0.1, 0.15) is 36.2 Å². The quantitative estimate of drug-likeness (QED) is 0.823. The Labute approximate surface area is 131 Å². The molecule has 0 spiro atoms. The number of nitrogens with zero attached hydrogens (tertiary/aromatic N) is 2. The van der Waals surface area contributed by atoms with Gasteiger partial charge in [0, 0.05) is 25.2 Å². The SMILES string of the molecule is CNS(=O)(=O)C1CCCN(C(=O)CCc2c(C)n[nH]c2C)C1. The second-order valence-electron chi connectivity index (χ2n) is 5.77. The minimum absolute atomic E-state index is 0.0102. The van der Waals surface area contributed by atoms with Crippen molar-refractivity contribution in [1.82, 2.24) is 19.8 Å². The van der Waals surface area contributed by atoms with E-state index in [0.29, 0.717) is 25.8 Å². The maximum atomic E-state index is 12.4. The lowest BCUT2D eigenvalue weighted by atomic mass is 10.1. The fourth-order valence-electron chi connectivity index (χ4n) is 2.92. The maximum Gasteiger partial charge on any atom is 0.222 e. The molecule has 0 aromatic carbocycles.